The van der Waals surface area contributed by atoms with Gasteiger partial charge in [0.1, 0.15) is 0 Å². The molecule has 0 aliphatic rings. The Morgan fingerprint density at radius 3 is 2.58 bits per heavy atom. The van der Waals surface area contributed by atoms with Crippen LogP contribution < -0.4 is 5.73 Å². The Hall–Kier alpha value is 0.270. The van der Waals surface area contributed by atoms with Crippen LogP contribution in [0.2, 0.25) is 0 Å². The summed E-state index contributed by atoms with van der Waals surface area (Å²) >= 11 is 1.83. The van der Waals surface area contributed by atoms with Crippen LogP contribution in [0.4, 0.5) is 0 Å². The molecule has 0 aromatic rings. The molecule has 0 spiro atoms. The van der Waals surface area contributed by atoms with Crippen LogP contribution >= 0.6 is 11.8 Å². The predicted octanol–water partition coefficient (Wildman–Crippen LogP) is 1.48. The van der Waals surface area contributed by atoms with Crippen molar-refractivity contribution >= 4 is 11.8 Å². The minimum absolute atomic E-state index is 0.0699. The van der Waals surface area contributed by atoms with Gasteiger partial charge in [-0.15, -0.1) is 0 Å². The molecule has 3 N–H and O–H groups in total. The van der Waals surface area contributed by atoms with Crippen molar-refractivity contribution in [1.29, 1.82) is 0 Å². The van der Waals surface area contributed by atoms with Crippen LogP contribution in [0.25, 0.3) is 0 Å². The zero-order valence-corrected chi connectivity index (χ0v) is 9.16. The molecular formula is C9H21NOS. The van der Waals surface area contributed by atoms with Crippen molar-refractivity contribution in [2.75, 3.05) is 18.1 Å². The summed E-state index contributed by atoms with van der Waals surface area (Å²) in [5.74, 6) is 2.74. The van der Waals surface area contributed by atoms with Gasteiger partial charge in [0.15, 0.2) is 0 Å². The molecule has 0 saturated carbocycles. The second-order valence-electron chi connectivity index (χ2n) is 3.84. The quantitative estimate of drug-likeness (QED) is 0.668. The number of hydrogen-bond acceptors (Lipinski definition) is 3. The van der Waals surface area contributed by atoms with Crippen LogP contribution in [0.1, 0.15) is 27.2 Å². The lowest BCUT2D eigenvalue weighted by Crippen LogP contribution is -2.42. The molecule has 0 heterocycles. The molecule has 0 bridgehead atoms. The molecule has 0 aromatic carbocycles. The molecule has 0 aliphatic carbocycles. The lowest BCUT2D eigenvalue weighted by atomic mass is 10.1. The largest absolute Gasteiger partial charge is 0.394 e. The first-order valence-corrected chi connectivity index (χ1v) is 5.65. The molecule has 0 amide bonds. The fourth-order valence-corrected chi connectivity index (χ4v) is 1.97. The summed E-state index contributed by atoms with van der Waals surface area (Å²) in [5, 5.41) is 8.88. The van der Waals surface area contributed by atoms with Crippen molar-refractivity contribution in [1.82, 2.24) is 0 Å². The second-order valence-corrected chi connectivity index (χ2v) is 4.87. The van der Waals surface area contributed by atoms with Gasteiger partial charge in [-0.25, -0.2) is 0 Å². The van der Waals surface area contributed by atoms with Crippen molar-refractivity contribution in [2.24, 2.45) is 11.7 Å². The highest BCUT2D eigenvalue weighted by Crippen LogP contribution is 2.15. The van der Waals surface area contributed by atoms with E-state index in [0.29, 0.717) is 0 Å². The first kappa shape index (κ1) is 12.3. The van der Waals surface area contributed by atoms with Crippen molar-refractivity contribution in [3.63, 3.8) is 0 Å². The van der Waals surface area contributed by atoms with Gasteiger partial charge in [0.05, 0.1) is 6.61 Å². The summed E-state index contributed by atoms with van der Waals surface area (Å²) in [5.41, 5.74) is 5.37. The van der Waals surface area contributed by atoms with E-state index < -0.39 is 5.54 Å². The number of hydrogen-bond donors (Lipinski definition) is 2. The first-order valence-electron chi connectivity index (χ1n) is 4.49. The Morgan fingerprint density at radius 1 is 1.58 bits per heavy atom. The lowest BCUT2D eigenvalue weighted by molar-refractivity contribution is 0.224. The maximum Gasteiger partial charge on any atom is 0.0616 e. The second kappa shape index (κ2) is 5.84. The average Bonchev–Trinajstić information content (AvgIpc) is 2.04. The molecule has 0 aromatic heterocycles. The van der Waals surface area contributed by atoms with E-state index in [1.54, 1.807) is 0 Å². The monoisotopic (exact) mass is 191 g/mol. The van der Waals surface area contributed by atoms with E-state index in [9.17, 15) is 0 Å². The third-order valence-corrected chi connectivity index (χ3v) is 3.56. The minimum Gasteiger partial charge on any atom is -0.394 e. The zero-order chi connectivity index (χ0) is 9.61. The molecule has 3 heteroatoms. The lowest BCUT2D eigenvalue weighted by Gasteiger charge is -2.21. The summed E-state index contributed by atoms with van der Waals surface area (Å²) in [6, 6.07) is 0. The number of rotatable bonds is 6. The van der Waals surface area contributed by atoms with Gasteiger partial charge in [-0.05, 0) is 18.6 Å². The number of aliphatic hydroxyl groups is 1. The minimum atomic E-state index is -0.405. The summed E-state index contributed by atoms with van der Waals surface area (Å²) < 4.78 is 0. The average molecular weight is 191 g/mol. The van der Waals surface area contributed by atoms with E-state index >= 15 is 0 Å². The smallest absolute Gasteiger partial charge is 0.0616 e. The van der Waals surface area contributed by atoms with Gasteiger partial charge in [-0.3, -0.25) is 0 Å². The summed E-state index contributed by atoms with van der Waals surface area (Å²) in [6.07, 6.45) is 1.22. The number of thioether (sulfide) groups is 1. The normalized spacial score (nSPS) is 18.8. The SMILES string of the molecule is CCC(C)CSCC(C)(N)CO. The summed E-state index contributed by atoms with van der Waals surface area (Å²) in [7, 11) is 0. The highest BCUT2D eigenvalue weighted by molar-refractivity contribution is 7.99. The summed E-state index contributed by atoms with van der Waals surface area (Å²) in [6.45, 7) is 6.38. The summed E-state index contributed by atoms with van der Waals surface area (Å²) in [4.78, 5) is 0. The van der Waals surface area contributed by atoms with E-state index in [1.165, 1.54) is 6.42 Å². The predicted molar refractivity (Wildman–Crippen MR) is 56.5 cm³/mol. The Balaban J connectivity index is 3.42. The van der Waals surface area contributed by atoms with E-state index in [0.717, 1.165) is 17.4 Å². The van der Waals surface area contributed by atoms with E-state index in [1.807, 2.05) is 18.7 Å². The van der Waals surface area contributed by atoms with E-state index in [2.05, 4.69) is 13.8 Å². The molecule has 0 fully saturated rings. The number of aliphatic hydroxyl groups excluding tert-OH is 1. The van der Waals surface area contributed by atoms with Gasteiger partial charge >= 0.3 is 0 Å². The number of nitrogens with two attached hydrogens (primary N) is 1. The molecule has 2 unspecified atom stereocenters. The molecule has 12 heavy (non-hydrogen) atoms. The Morgan fingerprint density at radius 2 is 2.17 bits per heavy atom. The Bertz CT molecular complexity index is 117. The first-order chi connectivity index (χ1) is 5.52. The fourth-order valence-electron chi connectivity index (χ4n) is 0.657. The van der Waals surface area contributed by atoms with E-state index in [-0.39, 0.29) is 6.61 Å². The van der Waals surface area contributed by atoms with Gasteiger partial charge in [-0.1, -0.05) is 20.3 Å². The van der Waals surface area contributed by atoms with Gasteiger partial charge in [-0.2, -0.15) is 11.8 Å². The molecule has 0 saturated heterocycles. The van der Waals surface area contributed by atoms with Gasteiger partial charge in [0.25, 0.3) is 0 Å². The van der Waals surface area contributed by atoms with Gasteiger partial charge in [0.2, 0.25) is 0 Å². The maximum absolute atomic E-state index is 8.88. The van der Waals surface area contributed by atoms with Crippen LogP contribution in [-0.4, -0.2) is 28.8 Å². The zero-order valence-electron chi connectivity index (χ0n) is 8.34. The van der Waals surface area contributed by atoms with Crippen LogP contribution in [0.15, 0.2) is 0 Å². The molecule has 2 atom stereocenters. The highest BCUT2D eigenvalue weighted by Gasteiger charge is 2.16. The molecular weight excluding hydrogens is 170 g/mol. The van der Waals surface area contributed by atoms with Gasteiger partial charge in [0, 0.05) is 11.3 Å². The Labute approximate surface area is 79.9 Å². The van der Waals surface area contributed by atoms with E-state index in [4.69, 9.17) is 10.8 Å². The fraction of sp³-hybridized carbons (Fsp3) is 1.00. The molecule has 2 nitrogen and oxygen atoms in total. The highest BCUT2D eigenvalue weighted by atomic mass is 32.2. The standard InChI is InChI=1S/C9H21NOS/c1-4-8(2)5-12-7-9(3,10)6-11/h8,11H,4-7,10H2,1-3H3. The van der Waals surface area contributed by atoms with Crippen molar-refractivity contribution in [2.45, 2.75) is 32.7 Å². The van der Waals surface area contributed by atoms with Crippen LogP contribution in [-0.2, 0) is 0 Å². The molecule has 0 rings (SSSR count). The molecule has 0 radical (unpaired) electrons. The third kappa shape index (κ3) is 5.86. The van der Waals surface area contributed by atoms with Crippen LogP contribution in [0, 0.1) is 5.92 Å². The van der Waals surface area contributed by atoms with Crippen LogP contribution in [0.3, 0.4) is 0 Å². The Kier molecular flexibility index (Phi) is 5.97. The molecule has 0 aliphatic heterocycles. The van der Waals surface area contributed by atoms with Crippen molar-refractivity contribution in [3.8, 4) is 0 Å². The third-order valence-electron chi connectivity index (χ3n) is 1.89. The van der Waals surface area contributed by atoms with Crippen LogP contribution in [0.5, 0.6) is 0 Å². The van der Waals surface area contributed by atoms with Crippen molar-refractivity contribution < 1.29 is 5.11 Å². The topological polar surface area (TPSA) is 46.2 Å². The van der Waals surface area contributed by atoms with Gasteiger partial charge < -0.3 is 10.8 Å². The maximum atomic E-state index is 8.88. The molecule has 74 valence electrons. The van der Waals surface area contributed by atoms with Crippen molar-refractivity contribution in [3.05, 3.63) is 0 Å².